The van der Waals surface area contributed by atoms with Crippen LogP contribution in [0.1, 0.15) is 52.0 Å². The van der Waals surface area contributed by atoms with Crippen LogP contribution in [0.2, 0.25) is 0 Å². The van der Waals surface area contributed by atoms with Crippen molar-refractivity contribution in [3.63, 3.8) is 0 Å². The highest BCUT2D eigenvalue weighted by molar-refractivity contribution is 5.94. The fraction of sp³-hybridized carbons (Fsp3) is 0.500. The van der Waals surface area contributed by atoms with Gasteiger partial charge in [-0.05, 0) is 50.5 Å². The van der Waals surface area contributed by atoms with Crippen LogP contribution in [0, 0.1) is 11.6 Å². The number of halogens is 2. The first-order valence-corrected chi connectivity index (χ1v) is 13.4. The molecule has 2 aromatic carbocycles. The predicted octanol–water partition coefficient (Wildman–Crippen LogP) is 4.38. The second-order valence-electron chi connectivity index (χ2n) is 10.00. The lowest BCUT2D eigenvalue weighted by Gasteiger charge is -2.33. The molecule has 4 rings (SSSR count). The van der Waals surface area contributed by atoms with Gasteiger partial charge in [-0.3, -0.25) is 9.59 Å². The van der Waals surface area contributed by atoms with E-state index in [0.717, 1.165) is 42.7 Å². The van der Waals surface area contributed by atoms with Crippen molar-refractivity contribution in [2.24, 2.45) is 0 Å². The molecule has 1 aliphatic heterocycles. The van der Waals surface area contributed by atoms with E-state index in [1.54, 1.807) is 21.4 Å². The van der Waals surface area contributed by atoms with Crippen molar-refractivity contribution in [3.8, 4) is 0 Å². The summed E-state index contributed by atoms with van der Waals surface area (Å²) in [6.07, 6.45) is 1.86. The van der Waals surface area contributed by atoms with Gasteiger partial charge in [0.15, 0.2) is 11.6 Å². The Morgan fingerprint density at radius 2 is 1.68 bits per heavy atom. The molecule has 0 N–H and O–H groups in total. The first-order chi connectivity index (χ1) is 18.3. The fourth-order valence-electron chi connectivity index (χ4n) is 4.99. The number of aromatic nitrogens is 3. The number of hydrogen-bond donors (Lipinski definition) is 0. The highest BCUT2D eigenvalue weighted by Crippen LogP contribution is 2.28. The summed E-state index contributed by atoms with van der Waals surface area (Å²) in [5, 5.41) is 8.33. The molecule has 0 unspecified atom stereocenters. The van der Waals surface area contributed by atoms with Gasteiger partial charge in [-0.1, -0.05) is 24.3 Å². The summed E-state index contributed by atoms with van der Waals surface area (Å²) < 4.78 is 30.5. The standard InChI is InChI=1S/C28H36F2N6O2/c1-4-27(37)35-15-8-13-33(20(2)3)12-7-14-34(19-21-17-22(29)23(30)18-26(21)35)28(38)11-16-36-25-10-6-5-9-24(25)31-32-36/h5-6,9-10,17-18,20H,4,7-8,11-16,19H2,1-3H3. The highest BCUT2D eigenvalue weighted by atomic mass is 19.2. The predicted molar refractivity (Wildman–Crippen MR) is 143 cm³/mol. The molecule has 0 atom stereocenters. The molecule has 3 aromatic rings. The Labute approximate surface area is 222 Å². The van der Waals surface area contributed by atoms with E-state index in [0.29, 0.717) is 43.3 Å². The average molecular weight is 527 g/mol. The molecule has 10 heteroatoms. The molecule has 0 fully saturated rings. The number of rotatable bonds is 5. The molecular weight excluding hydrogens is 490 g/mol. The Balaban J connectivity index is 1.63. The van der Waals surface area contributed by atoms with Gasteiger partial charge in [0.1, 0.15) is 5.52 Å². The van der Waals surface area contributed by atoms with E-state index in [9.17, 15) is 18.4 Å². The maximum Gasteiger partial charge on any atom is 0.226 e. The van der Waals surface area contributed by atoms with Crippen molar-refractivity contribution >= 4 is 28.5 Å². The number of carbonyl (C=O) groups excluding carboxylic acids is 2. The Morgan fingerprint density at radius 3 is 2.42 bits per heavy atom. The molecule has 0 aliphatic carbocycles. The topological polar surface area (TPSA) is 74.6 Å². The van der Waals surface area contributed by atoms with Crippen LogP contribution in [0.25, 0.3) is 11.0 Å². The molecule has 0 saturated heterocycles. The van der Waals surface area contributed by atoms with E-state index in [2.05, 4.69) is 29.1 Å². The fourth-order valence-corrected chi connectivity index (χ4v) is 4.99. The summed E-state index contributed by atoms with van der Waals surface area (Å²) >= 11 is 0. The third kappa shape index (κ3) is 6.35. The second kappa shape index (κ2) is 12.4. The SMILES string of the molecule is CCC(=O)N1CCCN(C(C)C)CCCN(C(=O)CCn2nnc3ccccc32)Cc2cc(F)c(F)cc21. The van der Waals surface area contributed by atoms with Gasteiger partial charge in [0.05, 0.1) is 17.7 Å². The second-order valence-corrected chi connectivity index (χ2v) is 10.00. The van der Waals surface area contributed by atoms with Crippen LogP contribution in [0.5, 0.6) is 0 Å². The van der Waals surface area contributed by atoms with Crippen LogP contribution < -0.4 is 4.90 Å². The van der Waals surface area contributed by atoms with Crippen molar-refractivity contribution in [1.29, 1.82) is 0 Å². The number of amides is 2. The molecule has 8 nitrogen and oxygen atoms in total. The van der Waals surface area contributed by atoms with Gasteiger partial charge >= 0.3 is 0 Å². The summed E-state index contributed by atoms with van der Waals surface area (Å²) in [7, 11) is 0. The van der Waals surface area contributed by atoms with Crippen LogP contribution >= 0.6 is 0 Å². The van der Waals surface area contributed by atoms with Gasteiger partial charge in [0.2, 0.25) is 11.8 Å². The molecule has 38 heavy (non-hydrogen) atoms. The van der Waals surface area contributed by atoms with Gasteiger partial charge in [0, 0.05) is 57.7 Å². The molecule has 0 spiro atoms. The monoisotopic (exact) mass is 526 g/mol. The van der Waals surface area contributed by atoms with Crippen LogP contribution in [0.15, 0.2) is 36.4 Å². The molecule has 204 valence electrons. The number of nitrogens with zero attached hydrogens (tertiary/aromatic N) is 6. The van der Waals surface area contributed by atoms with Gasteiger partial charge in [0.25, 0.3) is 0 Å². The maximum atomic E-state index is 14.4. The quantitative estimate of drug-likeness (QED) is 0.494. The lowest BCUT2D eigenvalue weighted by atomic mass is 10.1. The first-order valence-electron chi connectivity index (χ1n) is 13.4. The molecule has 1 aliphatic rings. The van der Waals surface area contributed by atoms with Gasteiger partial charge in [-0.2, -0.15) is 0 Å². The van der Waals surface area contributed by atoms with E-state index >= 15 is 0 Å². The van der Waals surface area contributed by atoms with E-state index in [4.69, 9.17) is 0 Å². The Morgan fingerprint density at radius 1 is 0.974 bits per heavy atom. The number of benzene rings is 2. The number of anilines is 1. The van der Waals surface area contributed by atoms with E-state index < -0.39 is 11.6 Å². The number of fused-ring (bicyclic) bond motifs is 2. The van der Waals surface area contributed by atoms with Gasteiger partial charge in [-0.25, -0.2) is 13.5 Å². The third-order valence-corrected chi connectivity index (χ3v) is 7.12. The molecule has 2 heterocycles. The van der Waals surface area contributed by atoms with Gasteiger partial charge < -0.3 is 14.7 Å². The molecule has 2 amide bonds. The average Bonchev–Trinajstić information content (AvgIpc) is 3.31. The van der Waals surface area contributed by atoms with Crippen molar-refractivity contribution < 1.29 is 18.4 Å². The van der Waals surface area contributed by atoms with Crippen LogP contribution in [0.3, 0.4) is 0 Å². The van der Waals surface area contributed by atoms with Crippen LogP contribution in [-0.4, -0.2) is 68.8 Å². The molecule has 0 saturated carbocycles. The third-order valence-electron chi connectivity index (χ3n) is 7.12. The zero-order valence-corrected chi connectivity index (χ0v) is 22.4. The lowest BCUT2D eigenvalue weighted by Crippen LogP contribution is -2.40. The Bertz CT molecular complexity index is 1280. The summed E-state index contributed by atoms with van der Waals surface area (Å²) in [5.41, 5.74) is 2.35. The van der Waals surface area contributed by atoms with Crippen molar-refractivity contribution in [2.45, 2.75) is 65.6 Å². The minimum atomic E-state index is -1.01. The van der Waals surface area contributed by atoms with Crippen molar-refractivity contribution in [2.75, 3.05) is 31.1 Å². The number of hydrogen-bond acceptors (Lipinski definition) is 5. The summed E-state index contributed by atoms with van der Waals surface area (Å²) in [6, 6.07) is 10.1. The number of aryl methyl sites for hydroxylation is 1. The minimum Gasteiger partial charge on any atom is -0.338 e. The smallest absolute Gasteiger partial charge is 0.226 e. The summed E-state index contributed by atoms with van der Waals surface area (Å²) in [5.74, 6) is -2.29. The zero-order valence-electron chi connectivity index (χ0n) is 22.4. The van der Waals surface area contributed by atoms with Crippen molar-refractivity contribution in [1.82, 2.24) is 24.8 Å². The molecule has 0 bridgehead atoms. The van der Waals surface area contributed by atoms with Crippen LogP contribution in [0.4, 0.5) is 14.5 Å². The number of carbonyl (C=O) groups is 2. The van der Waals surface area contributed by atoms with E-state index in [1.807, 2.05) is 24.3 Å². The minimum absolute atomic E-state index is 0.0820. The number of para-hydroxylation sites is 1. The largest absolute Gasteiger partial charge is 0.338 e. The highest BCUT2D eigenvalue weighted by Gasteiger charge is 2.25. The lowest BCUT2D eigenvalue weighted by molar-refractivity contribution is -0.132. The molecule has 1 aromatic heterocycles. The normalized spacial score (nSPS) is 15.8. The van der Waals surface area contributed by atoms with Gasteiger partial charge in [-0.15, -0.1) is 5.10 Å². The van der Waals surface area contributed by atoms with E-state index in [1.165, 1.54) is 0 Å². The molecular formula is C28H36F2N6O2. The summed E-state index contributed by atoms with van der Waals surface area (Å²) in [6.45, 7) is 8.83. The van der Waals surface area contributed by atoms with Crippen LogP contribution in [-0.2, 0) is 22.7 Å². The Hall–Kier alpha value is -3.40. The Kier molecular flexibility index (Phi) is 9.04. The summed E-state index contributed by atoms with van der Waals surface area (Å²) in [4.78, 5) is 32.0. The zero-order chi connectivity index (χ0) is 27.2. The maximum absolute atomic E-state index is 14.4. The van der Waals surface area contributed by atoms with E-state index in [-0.39, 0.29) is 31.2 Å². The molecule has 0 radical (unpaired) electrons. The van der Waals surface area contributed by atoms with Crippen molar-refractivity contribution in [3.05, 3.63) is 53.6 Å². The first kappa shape index (κ1) is 27.6.